The van der Waals surface area contributed by atoms with Crippen molar-refractivity contribution in [2.75, 3.05) is 16.7 Å². The van der Waals surface area contributed by atoms with Gasteiger partial charge in [-0.3, -0.25) is 24.5 Å². The third kappa shape index (κ3) is 6.24. The van der Waals surface area contributed by atoms with Gasteiger partial charge in [0.15, 0.2) is 0 Å². The number of nitrogens with one attached hydrogen (secondary N) is 1. The number of rotatable bonds is 11. The zero-order chi connectivity index (χ0) is 34.1. The van der Waals surface area contributed by atoms with Crippen molar-refractivity contribution in [3.63, 3.8) is 0 Å². The van der Waals surface area contributed by atoms with Gasteiger partial charge in [0.1, 0.15) is 11.4 Å². The summed E-state index contributed by atoms with van der Waals surface area (Å²) in [6.45, 7) is 5.87. The van der Waals surface area contributed by atoms with Gasteiger partial charge >= 0.3 is 0 Å². The van der Waals surface area contributed by atoms with Gasteiger partial charge in [-0.25, -0.2) is 13.1 Å². The van der Waals surface area contributed by atoms with Crippen LogP contribution in [-0.2, 0) is 21.4 Å². The van der Waals surface area contributed by atoms with Crippen LogP contribution < -0.4 is 9.62 Å². The van der Waals surface area contributed by atoms with E-state index in [4.69, 9.17) is 9.52 Å². The van der Waals surface area contributed by atoms with Gasteiger partial charge in [-0.15, -0.1) is 0 Å². The summed E-state index contributed by atoms with van der Waals surface area (Å²) in [4.78, 5) is 40.1. The van der Waals surface area contributed by atoms with Crippen LogP contribution in [0.1, 0.15) is 79.0 Å². The van der Waals surface area contributed by atoms with Crippen LogP contribution in [0.25, 0.3) is 11.1 Å². The fourth-order valence-electron chi connectivity index (χ4n) is 6.46. The normalized spacial score (nSPS) is 15.6. The molecule has 1 saturated carbocycles. The van der Waals surface area contributed by atoms with Crippen LogP contribution in [0.15, 0.2) is 81.4 Å². The second-order valence-electron chi connectivity index (χ2n) is 12.5. The third-order valence-electron chi connectivity index (χ3n) is 9.31. The highest BCUT2D eigenvalue weighted by Crippen LogP contribution is 2.41. The first-order valence-electron chi connectivity index (χ1n) is 16.3. The number of amidine groups is 1. The highest BCUT2D eigenvalue weighted by atomic mass is 32.2. The summed E-state index contributed by atoms with van der Waals surface area (Å²) in [7, 11) is -2.50. The molecule has 48 heavy (non-hydrogen) atoms. The molecule has 1 aliphatic heterocycles. The fraction of sp³-hybridized carbons (Fsp3) is 0.361. The van der Waals surface area contributed by atoms with Gasteiger partial charge in [0.25, 0.3) is 21.8 Å². The zero-order valence-electron chi connectivity index (χ0n) is 27.7. The summed E-state index contributed by atoms with van der Waals surface area (Å²) >= 11 is 0. The average Bonchev–Trinajstić information content (AvgIpc) is 3.78. The number of amides is 2. The molecule has 0 saturated heterocycles. The lowest BCUT2D eigenvalue weighted by molar-refractivity contribution is -0.131. The van der Waals surface area contributed by atoms with Crippen molar-refractivity contribution in [2.45, 2.75) is 82.7 Å². The largest absolute Gasteiger partial charge is 0.337 e. The standard InChI is InChI=1S/C36H40N6O5S/c1-5-6-15-32-38-36(18-9-10-19-36)35(44)42(32)23-26-16-17-28(30(21-26)41(4)34(43)27-12-11-20-37-22-27)29-13-7-8-14-31(29)48(45,46)40-33-24(2)25(3)39-47-33/h7-8,11-14,16-17,20-22,40H,5-6,9-10,15,18-19,23H2,1-4H3. The van der Waals surface area contributed by atoms with E-state index in [2.05, 4.69) is 21.8 Å². The van der Waals surface area contributed by atoms with E-state index in [1.807, 2.05) is 23.1 Å². The molecule has 1 spiro atoms. The number of sulfonamides is 1. The van der Waals surface area contributed by atoms with E-state index < -0.39 is 15.6 Å². The number of hydrogen-bond donors (Lipinski definition) is 1. The minimum atomic E-state index is -4.15. The Morgan fingerprint density at radius 2 is 1.83 bits per heavy atom. The minimum Gasteiger partial charge on any atom is -0.337 e. The Morgan fingerprint density at radius 1 is 1.06 bits per heavy atom. The van der Waals surface area contributed by atoms with Gasteiger partial charge < -0.3 is 9.42 Å². The van der Waals surface area contributed by atoms with Gasteiger partial charge in [0.2, 0.25) is 5.88 Å². The molecule has 11 nitrogen and oxygen atoms in total. The summed E-state index contributed by atoms with van der Waals surface area (Å²) < 4.78 is 35.4. The molecular formula is C36H40N6O5S. The number of unbranched alkanes of at least 4 members (excludes halogenated alkanes) is 1. The molecule has 3 heterocycles. The number of carbonyl (C=O) groups is 2. The molecule has 0 unspecified atom stereocenters. The molecule has 250 valence electrons. The molecule has 1 aliphatic carbocycles. The first kappa shape index (κ1) is 33.1. The van der Waals surface area contributed by atoms with Crippen molar-refractivity contribution in [1.82, 2.24) is 15.0 Å². The van der Waals surface area contributed by atoms with E-state index >= 15 is 0 Å². The van der Waals surface area contributed by atoms with E-state index in [0.717, 1.165) is 56.3 Å². The lowest BCUT2D eigenvalue weighted by atomic mass is 9.97. The first-order valence-corrected chi connectivity index (χ1v) is 17.8. The molecule has 2 aromatic heterocycles. The van der Waals surface area contributed by atoms with Crippen LogP contribution in [-0.4, -0.2) is 53.7 Å². The summed E-state index contributed by atoms with van der Waals surface area (Å²) in [5.74, 6) is 0.573. The number of aryl methyl sites for hydroxylation is 1. The number of anilines is 2. The van der Waals surface area contributed by atoms with Crippen molar-refractivity contribution < 1.29 is 22.5 Å². The summed E-state index contributed by atoms with van der Waals surface area (Å²) in [5.41, 5.74) is 3.04. The molecular weight excluding hydrogens is 628 g/mol. The van der Waals surface area contributed by atoms with E-state index in [-0.39, 0.29) is 29.1 Å². The van der Waals surface area contributed by atoms with E-state index in [1.165, 1.54) is 17.2 Å². The van der Waals surface area contributed by atoms with Gasteiger partial charge in [-0.2, -0.15) is 0 Å². The monoisotopic (exact) mass is 668 g/mol. The Balaban J connectivity index is 1.42. The molecule has 4 aromatic rings. The number of benzene rings is 2. The lowest BCUT2D eigenvalue weighted by Crippen LogP contribution is -2.40. The topological polar surface area (TPSA) is 138 Å². The van der Waals surface area contributed by atoms with Gasteiger partial charge in [0.05, 0.1) is 28.4 Å². The van der Waals surface area contributed by atoms with Crippen molar-refractivity contribution in [3.05, 3.63) is 89.4 Å². The number of hydrogen-bond acceptors (Lipinski definition) is 8. The molecule has 12 heteroatoms. The van der Waals surface area contributed by atoms with Gasteiger partial charge in [-0.1, -0.05) is 61.7 Å². The number of pyridine rings is 1. The Hall–Kier alpha value is -4.84. The zero-order valence-corrected chi connectivity index (χ0v) is 28.5. The predicted molar refractivity (Wildman–Crippen MR) is 184 cm³/mol. The summed E-state index contributed by atoms with van der Waals surface area (Å²) in [6.07, 6.45) is 9.21. The van der Waals surface area contributed by atoms with Crippen LogP contribution in [0.3, 0.4) is 0 Å². The van der Waals surface area contributed by atoms with Crippen LogP contribution in [0.2, 0.25) is 0 Å². The third-order valence-corrected chi connectivity index (χ3v) is 10.7. The molecule has 0 radical (unpaired) electrons. The summed E-state index contributed by atoms with van der Waals surface area (Å²) in [6, 6.07) is 15.5. The maximum Gasteiger partial charge on any atom is 0.264 e. The maximum absolute atomic E-state index is 13.9. The van der Waals surface area contributed by atoms with E-state index in [0.29, 0.717) is 33.6 Å². The molecule has 6 rings (SSSR count). The first-order chi connectivity index (χ1) is 23.0. The minimum absolute atomic E-state index is 0.00145. The molecule has 0 atom stereocenters. The number of aliphatic imine (C=N–C) groups is 1. The second kappa shape index (κ2) is 13.3. The number of nitrogens with zero attached hydrogens (tertiary/aromatic N) is 5. The van der Waals surface area contributed by atoms with Crippen molar-refractivity contribution >= 4 is 39.2 Å². The van der Waals surface area contributed by atoms with Crippen LogP contribution in [0.4, 0.5) is 11.6 Å². The van der Waals surface area contributed by atoms with Crippen molar-refractivity contribution in [2.24, 2.45) is 4.99 Å². The molecule has 1 N–H and O–H groups in total. The summed E-state index contributed by atoms with van der Waals surface area (Å²) in [5, 5.41) is 3.87. The van der Waals surface area contributed by atoms with Crippen molar-refractivity contribution in [3.8, 4) is 11.1 Å². The van der Waals surface area contributed by atoms with Crippen LogP contribution in [0, 0.1) is 13.8 Å². The number of aromatic nitrogens is 2. The Labute approximate surface area is 281 Å². The Kier molecular flexibility index (Phi) is 9.20. The van der Waals surface area contributed by atoms with Gasteiger partial charge in [0, 0.05) is 42.6 Å². The SMILES string of the molecule is CCCCC1=NC2(CCCC2)C(=O)N1Cc1ccc(-c2ccccc2S(=O)(=O)Nc2onc(C)c2C)c(N(C)C(=O)c2cccnc2)c1. The molecule has 2 amide bonds. The highest BCUT2D eigenvalue weighted by molar-refractivity contribution is 7.92. The molecule has 1 fully saturated rings. The predicted octanol–water partition coefficient (Wildman–Crippen LogP) is 6.67. The smallest absolute Gasteiger partial charge is 0.264 e. The van der Waals surface area contributed by atoms with E-state index in [9.17, 15) is 18.0 Å². The van der Waals surface area contributed by atoms with Crippen LogP contribution in [0.5, 0.6) is 0 Å². The van der Waals surface area contributed by atoms with Gasteiger partial charge in [-0.05, 0) is 62.9 Å². The molecule has 0 bridgehead atoms. The molecule has 2 aliphatic rings. The second-order valence-corrected chi connectivity index (χ2v) is 14.2. The Bertz CT molecular complexity index is 1980. The fourth-order valence-corrected chi connectivity index (χ4v) is 7.73. The molecule has 2 aromatic carbocycles. The lowest BCUT2D eigenvalue weighted by Gasteiger charge is -2.25. The average molecular weight is 669 g/mol. The maximum atomic E-state index is 13.9. The Morgan fingerprint density at radius 3 is 2.52 bits per heavy atom. The number of carbonyl (C=O) groups excluding carboxylic acids is 2. The van der Waals surface area contributed by atoms with E-state index in [1.54, 1.807) is 57.4 Å². The van der Waals surface area contributed by atoms with Crippen molar-refractivity contribution in [1.29, 1.82) is 0 Å². The highest BCUT2D eigenvalue weighted by Gasteiger charge is 2.49. The van der Waals surface area contributed by atoms with Crippen LogP contribution >= 0.6 is 0 Å². The quantitative estimate of drug-likeness (QED) is 0.188.